The first-order valence-corrected chi connectivity index (χ1v) is 7.68. The van der Waals surface area contributed by atoms with E-state index in [1.54, 1.807) is 12.1 Å². The number of carbonyl (C=O) groups excluding carboxylic acids is 1. The van der Waals surface area contributed by atoms with Gasteiger partial charge in [0.05, 0.1) is 5.92 Å². The van der Waals surface area contributed by atoms with Crippen molar-refractivity contribution in [1.82, 2.24) is 5.32 Å². The minimum absolute atomic E-state index is 0.316. The maximum atomic E-state index is 13.7. The molecule has 3 rings (SSSR count). The molecule has 0 aromatic heterocycles. The van der Waals surface area contributed by atoms with Crippen molar-refractivity contribution in [2.75, 3.05) is 13.2 Å². The number of amides is 1. The number of carbonyl (C=O) groups is 1. The number of primary amides is 1. The van der Waals surface area contributed by atoms with Crippen molar-refractivity contribution in [2.24, 2.45) is 17.6 Å². The minimum atomic E-state index is -4.29. The number of benzene rings is 1. The van der Waals surface area contributed by atoms with Crippen molar-refractivity contribution in [3.8, 4) is 0 Å². The Kier molecular flexibility index (Phi) is 4.33. The van der Waals surface area contributed by atoms with Crippen molar-refractivity contribution < 1.29 is 22.7 Å². The molecule has 2 atom stereocenters. The molecule has 1 unspecified atom stereocenters. The number of alkyl halides is 3. The number of ether oxygens (including phenoxy) is 1. The average Bonchev–Trinajstić information content (AvgIpc) is 2.90. The Labute approximate surface area is 132 Å². The van der Waals surface area contributed by atoms with E-state index in [0.29, 0.717) is 49.3 Å². The molecule has 1 aromatic rings. The van der Waals surface area contributed by atoms with Crippen LogP contribution in [-0.2, 0) is 11.3 Å². The summed E-state index contributed by atoms with van der Waals surface area (Å²) in [4.78, 5) is 11.2. The molecule has 3 N–H and O–H groups in total. The Balaban J connectivity index is 1.92. The van der Waals surface area contributed by atoms with Crippen LogP contribution < -0.4 is 11.1 Å². The molecule has 0 saturated carbocycles. The fraction of sp³-hybridized carbons (Fsp3) is 0.562. The van der Waals surface area contributed by atoms with E-state index in [9.17, 15) is 18.0 Å². The number of hydrogen-bond acceptors (Lipinski definition) is 3. The second-order valence-corrected chi connectivity index (χ2v) is 6.15. The molecule has 0 bridgehead atoms. The molecule has 2 heterocycles. The summed E-state index contributed by atoms with van der Waals surface area (Å²) in [5, 5.41) is 2.98. The lowest BCUT2D eigenvalue weighted by Gasteiger charge is -2.36. The van der Waals surface area contributed by atoms with Crippen molar-refractivity contribution in [2.45, 2.75) is 31.6 Å². The maximum absolute atomic E-state index is 13.7. The Morgan fingerprint density at radius 1 is 1.30 bits per heavy atom. The molecule has 1 fully saturated rings. The number of hydrogen-bond donors (Lipinski definition) is 2. The first-order valence-electron chi connectivity index (χ1n) is 7.68. The maximum Gasteiger partial charge on any atom is 0.393 e. The summed E-state index contributed by atoms with van der Waals surface area (Å²) >= 11 is 0. The molecular weight excluding hydrogens is 309 g/mol. The van der Waals surface area contributed by atoms with E-state index in [2.05, 4.69) is 5.32 Å². The van der Waals surface area contributed by atoms with Crippen molar-refractivity contribution in [3.63, 3.8) is 0 Å². The van der Waals surface area contributed by atoms with Gasteiger partial charge in [-0.25, -0.2) is 0 Å². The summed E-state index contributed by atoms with van der Waals surface area (Å²) in [6.45, 7) is 1.06. The summed E-state index contributed by atoms with van der Waals surface area (Å²) in [7, 11) is 0. The lowest BCUT2D eigenvalue weighted by molar-refractivity contribution is -0.204. The molecule has 7 heteroatoms. The summed E-state index contributed by atoms with van der Waals surface area (Å²) in [6.07, 6.45) is -3.46. The standard InChI is InChI=1S/C16H19F3N2O2/c17-16(18,19)13(9-3-5-23-6-4-9)14-12-2-1-10(15(20)22)7-11(12)8-21-14/h1-2,7,9,13-14,21H,3-6,8H2,(H2,20,22)/t13-,14?/m1/s1. The third kappa shape index (κ3) is 3.21. The molecule has 4 nitrogen and oxygen atoms in total. The fourth-order valence-corrected chi connectivity index (χ4v) is 3.67. The number of rotatable bonds is 3. The second-order valence-electron chi connectivity index (χ2n) is 6.15. The molecule has 1 saturated heterocycles. The SMILES string of the molecule is NC(=O)c1ccc2c(c1)CNC2[C@@H](C1CCOCC1)C(F)(F)F. The van der Waals surface area contributed by atoms with Gasteiger partial charge in [0.1, 0.15) is 0 Å². The van der Waals surface area contributed by atoms with Crippen LogP contribution in [0.15, 0.2) is 18.2 Å². The van der Waals surface area contributed by atoms with Crippen LogP contribution in [0.1, 0.15) is 40.4 Å². The third-order valence-electron chi connectivity index (χ3n) is 4.79. The van der Waals surface area contributed by atoms with Crippen molar-refractivity contribution >= 4 is 5.91 Å². The van der Waals surface area contributed by atoms with Crippen LogP contribution in [0.25, 0.3) is 0 Å². The lowest BCUT2D eigenvalue weighted by Crippen LogP contribution is -2.41. The Morgan fingerprint density at radius 2 is 2.00 bits per heavy atom. The normalized spacial score (nSPS) is 23.5. The van der Waals surface area contributed by atoms with Gasteiger partial charge in [0, 0.05) is 31.4 Å². The zero-order chi connectivity index (χ0) is 16.6. The number of halogens is 3. The molecule has 2 aliphatic rings. The second kappa shape index (κ2) is 6.13. The van der Waals surface area contributed by atoms with Gasteiger partial charge in [-0.2, -0.15) is 13.2 Å². The lowest BCUT2D eigenvalue weighted by atomic mass is 9.78. The van der Waals surface area contributed by atoms with E-state index in [1.807, 2.05) is 0 Å². The fourth-order valence-electron chi connectivity index (χ4n) is 3.67. The van der Waals surface area contributed by atoms with Gasteiger partial charge >= 0.3 is 6.18 Å². The molecular formula is C16H19F3N2O2. The topological polar surface area (TPSA) is 64.4 Å². The third-order valence-corrected chi connectivity index (χ3v) is 4.79. The Bertz CT molecular complexity index is 597. The van der Waals surface area contributed by atoms with Gasteiger partial charge in [-0.05, 0) is 42.0 Å². The number of fused-ring (bicyclic) bond motifs is 1. The van der Waals surface area contributed by atoms with Gasteiger partial charge in [-0.3, -0.25) is 4.79 Å². The highest BCUT2D eigenvalue weighted by molar-refractivity contribution is 5.93. The van der Waals surface area contributed by atoms with E-state index >= 15 is 0 Å². The predicted molar refractivity (Wildman–Crippen MR) is 77.6 cm³/mol. The van der Waals surface area contributed by atoms with Crippen LogP contribution in [0.2, 0.25) is 0 Å². The quantitative estimate of drug-likeness (QED) is 0.896. The Hall–Kier alpha value is -1.60. The molecule has 1 aromatic carbocycles. The van der Waals surface area contributed by atoms with Gasteiger partial charge in [0.2, 0.25) is 5.91 Å². The zero-order valence-corrected chi connectivity index (χ0v) is 12.5. The highest BCUT2D eigenvalue weighted by Crippen LogP contribution is 2.46. The predicted octanol–water partition coefficient (Wildman–Crippen LogP) is 2.53. The van der Waals surface area contributed by atoms with E-state index in [-0.39, 0.29) is 0 Å². The van der Waals surface area contributed by atoms with Crippen LogP contribution in [0.3, 0.4) is 0 Å². The summed E-state index contributed by atoms with van der Waals surface area (Å²) in [5.41, 5.74) is 6.89. The highest BCUT2D eigenvalue weighted by atomic mass is 19.4. The van der Waals surface area contributed by atoms with Crippen LogP contribution in [0.5, 0.6) is 0 Å². The largest absolute Gasteiger partial charge is 0.393 e. The van der Waals surface area contributed by atoms with E-state index in [0.717, 1.165) is 0 Å². The first-order chi connectivity index (χ1) is 10.9. The van der Waals surface area contributed by atoms with E-state index in [1.165, 1.54) is 6.07 Å². The summed E-state index contributed by atoms with van der Waals surface area (Å²) in [5.74, 6) is -2.48. The highest BCUT2D eigenvalue weighted by Gasteiger charge is 2.51. The van der Waals surface area contributed by atoms with Crippen LogP contribution in [-0.4, -0.2) is 25.3 Å². The van der Waals surface area contributed by atoms with Gasteiger partial charge in [-0.15, -0.1) is 0 Å². The zero-order valence-electron chi connectivity index (χ0n) is 12.5. The molecule has 0 aliphatic carbocycles. The molecule has 23 heavy (non-hydrogen) atoms. The molecule has 0 spiro atoms. The molecule has 126 valence electrons. The van der Waals surface area contributed by atoms with Crippen LogP contribution >= 0.6 is 0 Å². The van der Waals surface area contributed by atoms with Gasteiger partial charge in [0.25, 0.3) is 0 Å². The molecule has 0 radical (unpaired) electrons. The van der Waals surface area contributed by atoms with Crippen molar-refractivity contribution in [3.05, 3.63) is 34.9 Å². The summed E-state index contributed by atoms with van der Waals surface area (Å²) in [6, 6.07) is 3.90. The van der Waals surface area contributed by atoms with Gasteiger partial charge in [0.15, 0.2) is 0 Å². The average molecular weight is 328 g/mol. The smallest absolute Gasteiger partial charge is 0.381 e. The first kappa shape index (κ1) is 16.3. The van der Waals surface area contributed by atoms with E-state index in [4.69, 9.17) is 10.5 Å². The Morgan fingerprint density at radius 3 is 2.61 bits per heavy atom. The number of nitrogens with one attached hydrogen (secondary N) is 1. The molecule has 1 amide bonds. The monoisotopic (exact) mass is 328 g/mol. The van der Waals surface area contributed by atoms with E-state index < -0.39 is 30.0 Å². The van der Waals surface area contributed by atoms with Crippen LogP contribution in [0, 0.1) is 11.8 Å². The number of nitrogens with two attached hydrogens (primary N) is 1. The van der Waals surface area contributed by atoms with Crippen LogP contribution in [0.4, 0.5) is 13.2 Å². The minimum Gasteiger partial charge on any atom is -0.381 e. The summed E-state index contributed by atoms with van der Waals surface area (Å²) < 4.78 is 46.3. The van der Waals surface area contributed by atoms with Crippen molar-refractivity contribution in [1.29, 1.82) is 0 Å². The van der Waals surface area contributed by atoms with Gasteiger partial charge in [-0.1, -0.05) is 6.07 Å². The van der Waals surface area contributed by atoms with Gasteiger partial charge < -0.3 is 15.8 Å². The molecule has 2 aliphatic heterocycles.